The minimum Gasteiger partial charge on any atom is -0.756 e. The number of quaternary nitrogens is 1. The molecule has 0 aliphatic heterocycles. The monoisotopic (exact) mass is 1020 g/mol. The van der Waals surface area contributed by atoms with Gasteiger partial charge in [0.05, 0.1) is 39.9 Å². The van der Waals surface area contributed by atoms with Crippen molar-refractivity contribution in [3.05, 3.63) is 48.6 Å². The molecular weight excluding hydrogens is 900 g/mol. The number of aliphatic hydroxyl groups excluding tert-OH is 1. The molecule has 0 saturated heterocycles. The maximum Gasteiger partial charge on any atom is 0.268 e. The van der Waals surface area contributed by atoms with Crippen LogP contribution in [0.3, 0.4) is 0 Å². The topological polar surface area (TPSA) is 108 Å². The predicted molar refractivity (Wildman–Crippen MR) is 307 cm³/mol. The standard InChI is InChI=1S/C62H119N2O6P/c1-6-8-10-12-14-16-18-20-22-23-24-25-26-27-28-29-30-31-32-33-34-35-36-37-38-39-40-41-42-44-46-48-50-52-54-56-62(66)63-60(59-70-71(67,68)69-58-57-64(3,4)5)61(65)55-53-51-49-47-45-43-21-19-17-15-13-11-9-7-2/h26-27,29-30,45,47,53,55,60-61,65H,6-25,28,31-44,46,48-52,54,56-59H2,1-5H3,(H-,63,66,67,68)/b27-26-,30-29-,47-45+,55-53+. The molecule has 0 spiro atoms. The molecule has 0 aromatic heterocycles. The third kappa shape index (κ3) is 56.0. The van der Waals surface area contributed by atoms with Crippen molar-refractivity contribution < 1.29 is 32.9 Å². The number of phosphoric acid groups is 1. The van der Waals surface area contributed by atoms with Gasteiger partial charge in [-0.1, -0.05) is 268 Å². The fourth-order valence-corrected chi connectivity index (χ4v) is 9.69. The normalized spacial score (nSPS) is 14.2. The van der Waals surface area contributed by atoms with Crippen molar-refractivity contribution in [2.75, 3.05) is 40.9 Å². The predicted octanol–water partition coefficient (Wildman–Crippen LogP) is 18.1. The number of likely N-dealkylation sites (N-methyl/N-ethyl adjacent to an activating group) is 1. The second-order valence-corrected chi connectivity index (χ2v) is 23.5. The zero-order chi connectivity index (χ0) is 52.0. The fourth-order valence-electron chi connectivity index (χ4n) is 8.97. The molecule has 71 heavy (non-hydrogen) atoms. The molecular formula is C62H119N2O6P. The molecule has 0 bridgehead atoms. The summed E-state index contributed by atoms with van der Waals surface area (Å²) in [5, 5.41) is 13.8. The lowest BCUT2D eigenvalue weighted by atomic mass is 10.0. The average Bonchev–Trinajstić information content (AvgIpc) is 3.33. The number of hydrogen-bond acceptors (Lipinski definition) is 6. The van der Waals surface area contributed by atoms with Gasteiger partial charge in [0.25, 0.3) is 7.82 Å². The molecule has 0 fully saturated rings. The Bertz CT molecular complexity index is 1290. The van der Waals surface area contributed by atoms with E-state index >= 15 is 0 Å². The van der Waals surface area contributed by atoms with Crippen LogP contribution in [0.15, 0.2) is 48.6 Å². The van der Waals surface area contributed by atoms with Crippen molar-refractivity contribution >= 4 is 13.7 Å². The summed E-state index contributed by atoms with van der Waals surface area (Å²) in [4.78, 5) is 25.5. The molecule has 0 aliphatic rings. The van der Waals surface area contributed by atoms with Crippen LogP contribution in [0.1, 0.15) is 290 Å². The summed E-state index contributed by atoms with van der Waals surface area (Å²) in [6.07, 6.45) is 70.8. The summed E-state index contributed by atoms with van der Waals surface area (Å²) < 4.78 is 23.3. The molecule has 0 aliphatic carbocycles. The smallest absolute Gasteiger partial charge is 0.268 e. The first-order chi connectivity index (χ1) is 34.5. The second kappa shape index (κ2) is 53.3. The Morgan fingerprint density at radius 1 is 0.493 bits per heavy atom. The number of carbonyl (C=O) groups excluding carboxylic acids is 1. The number of hydrogen-bond donors (Lipinski definition) is 2. The Labute approximate surface area is 441 Å². The van der Waals surface area contributed by atoms with Crippen LogP contribution in [0.4, 0.5) is 0 Å². The second-order valence-electron chi connectivity index (χ2n) is 22.0. The molecule has 2 N–H and O–H groups in total. The summed E-state index contributed by atoms with van der Waals surface area (Å²) in [6, 6.07) is -0.903. The molecule has 0 saturated carbocycles. The van der Waals surface area contributed by atoms with Crippen LogP contribution in [0.25, 0.3) is 0 Å². The van der Waals surface area contributed by atoms with Gasteiger partial charge in [-0.2, -0.15) is 0 Å². The number of carbonyl (C=O) groups is 1. The summed E-state index contributed by atoms with van der Waals surface area (Å²) >= 11 is 0. The number of nitrogens with zero attached hydrogens (tertiary/aromatic N) is 1. The minimum atomic E-state index is -4.60. The largest absolute Gasteiger partial charge is 0.756 e. The molecule has 0 aromatic carbocycles. The first-order valence-electron chi connectivity index (χ1n) is 30.5. The lowest BCUT2D eigenvalue weighted by Gasteiger charge is -2.29. The zero-order valence-electron chi connectivity index (χ0n) is 47.7. The molecule has 0 rings (SSSR count). The summed E-state index contributed by atoms with van der Waals surface area (Å²) in [5.41, 5.74) is 0. The Morgan fingerprint density at radius 3 is 1.23 bits per heavy atom. The van der Waals surface area contributed by atoms with Crippen LogP contribution in [0.5, 0.6) is 0 Å². The van der Waals surface area contributed by atoms with E-state index in [1.54, 1.807) is 6.08 Å². The molecule has 3 atom stereocenters. The van der Waals surface area contributed by atoms with Gasteiger partial charge in [-0.25, -0.2) is 0 Å². The van der Waals surface area contributed by atoms with Crippen LogP contribution in [0.2, 0.25) is 0 Å². The number of rotatable bonds is 56. The van der Waals surface area contributed by atoms with E-state index in [2.05, 4.69) is 55.6 Å². The quantitative estimate of drug-likeness (QED) is 0.0272. The van der Waals surface area contributed by atoms with E-state index in [0.717, 1.165) is 44.9 Å². The van der Waals surface area contributed by atoms with E-state index in [0.29, 0.717) is 17.4 Å². The number of unbranched alkanes of at least 4 members (excludes halogenated alkanes) is 37. The van der Waals surface area contributed by atoms with Crippen LogP contribution >= 0.6 is 7.82 Å². The molecule has 1 amide bonds. The van der Waals surface area contributed by atoms with Crippen LogP contribution in [0, 0.1) is 0 Å². The van der Waals surface area contributed by atoms with E-state index < -0.39 is 26.6 Å². The van der Waals surface area contributed by atoms with Gasteiger partial charge in [-0.3, -0.25) is 9.36 Å². The van der Waals surface area contributed by atoms with E-state index in [-0.39, 0.29) is 12.5 Å². The van der Waals surface area contributed by atoms with Gasteiger partial charge in [0.1, 0.15) is 13.2 Å². The van der Waals surface area contributed by atoms with Gasteiger partial charge >= 0.3 is 0 Å². The fraction of sp³-hybridized carbons (Fsp3) is 0.855. The Balaban J connectivity index is 4.00. The Kier molecular flexibility index (Phi) is 52.1. The molecule has 9 heteroatoms. The summed E-state index contributed by atoms with van der Waals surface area (Å²) in [5.74, 6) is -0.205. The van der Waals surface area contributed by atoms with E-state index in [1.165, 1.54) is 225 Å². The summed E-state index contributed by atoms with van der Waals surface area (Å²) in [7, 11) is 1.25. The molecule has 8 nitrogen and oxygen atoms in total. The SMILES string of the molecule is CCCCCCCCCC/C=C/CC/C=C/C(O)C(COP(=O)([O-])OCC[N+](C)(C)C)NC(=O)CCCCCCCCCCCCCCCCCCC/C=C\C/C=C\CCCCCCCCCCCCC. The summed E-state index contributed by atoms with van der Waals surface area (Å²) in [6.45, 7) is 4.64. The van der Waals surface area contributed by atoms with Gasteiger partial charge in [0, 0.05) is 6.42 Å². The van der Waals surface area contributed by atoms with Gasteiger partial charge in [-0.05, 0) is 64.2 Å². The number of phosphoric ester groups is 1. The maximum absolute atomic E-state index is 12.9. The van der Waals surface area contributed by atoms with Crippen molar-refractivity contribution in [2.45, 2.75) is 302 Å². The molecule has 0 heterocycles. The van der Waals surface area contributed by atoms with Gasteiger partial charge in [0.2, 0.25) is 5.91 Å². The third-order valence-corrected chi connectivity index (χ3v) is 14.7. The molecule has 0 aromatic rings. The molecule has 3 unspecified atom stereocenters. The van der Waals surface area contributed by atoms with Gasteiger partial charge in [0.15, 0.2) is 0 Å². The highest BCUT2D eigenvalue weighted by Gasteiger charge is 2.23. The lowest BCUT2D eigenvalue weighted by Crippen LogP contribution is -2.45. The number of amides is 1. The average molecular weight is 1020 g/mol. The third-order valence-electron chi connectivity index (χ3n) is 13.8. The van der Waals surface area contributed by atoms with Crippen molar-refractivity contribution in [3.8, 4) is 0 Å². The number of nitrogens with one attached hydrogen (secondary N) is 1. The van der Waals surface area contributed by atoms with E-state index in [1.807, 2.05) is 27.2 Å². The highest BCUT2D eigenvalue weighted by molar-refractivity contribution is 7.45. The van der Waals surface area contributed by atoms with Gasteiger partial charge < -0.3 is 28.8 Å². The highest BCUT2D eigenvalue weighted by atomic mass is 31.2. The zero-order valence-corrected chi connectivity index (χ0v) is 48.6. The first kappa shape index (κ1) is 69.5. The number of allylic oxidation sites excluding steroid dienone is 7. The van der Waals surface area contributed by atoms with Crippen molar-refractivity contribution in [1.82, 2.24) is 5.32 Å². The van der Waals surface area contributed by atoms with Crippen LogP contribution in [-0.4, -0.2) is 68.5 Å². The van der Waals surface area contributed by atoms with Crippen molar-refractivity contribution in [2.24, 2.45) is 0 Å². The Hall–Kier alpha value is -1.54. The van der Waals surface area contributed by atoms with Gasteiger partial charge in [-0.15, -0.1) is 0 Å². The van der Waals surface area contributed by atoms with Crippen LogP contribution in [-0.2, 0) is 18.4 Å². The minimum absolute atomic E-state index is 0.00613. The maximum atomic E-state index is 12.9. The van der Waals surface area contributed by atoms with Crippen molar-refractivity contribution in [3.63, 3.8) is 0 Å². The first-order valence-corrected chi connectivity index (χ1v) is 32.0. The Morgan fingerprint density at radius 2 is 0.831 bits per heavy atom. The van der Waals surface area contributed by atoms with E-state index in [4.69, 9.17) is 9.05 Å². The van der Waals surface area contributed by atoms with Crippen LogP contribution < -0.4 is 10.2 Å². The number of aliphatic hydroxyl groups is 1. The molecule has 0 radical (unpaired) electrons. The molecule has 418 valence electrons. The lowest BCUT2D eigenvalue weighted by molar-refractivity contribution is -0.870. The highest BCUT2D eigenvalue weighted by Crippen LogP contribution is 2.38. The van der Waals surface area contributed by atoms with Crippen molar-refractivity contribution in [1.29, 1.82) is 0 Å². The van der Waals surface area contributed by atoms with E-state index in [9.17, 15) is 19.4 Å².